The van der Waals surface area contributed by atoms with Crippen molar-refractivity contribution in [2.24, 2.45) is 0 Å². The molecule has 3 atom stereocenters. The number of rotatable bonds is 5. The van der Waals surface area contributed by atoms with E-state index in [2.05, 4.69) is 10.6 Å². The molecule has 3 amide bonds. The molecule has 1 heterocycles. The van der Waals surface area contributed by atoms with Crippen LogP contribution in [0.15, 0.2) is 30.3 Å². The first-order valence-corrected chi connectivity index (χ1v) is 7.62. The molecule has 0 radical (unpaired) electrons. The highest BCUT2D eigenvalue weighted by Gasteiger charge is 2.46. The molecular weight excluding hydrogens is 314 g/mol. The molecule has 1 aromatic rings. The molecule has 24 heavy (non-hydrogen) atoms. The van der Waals surface area contributed by atoms with Gasteiger partial charge in [0, 0.05) is 13.5 Å². The second-order valence-electron chi connectivity index (χ2n) is 5.66. The van der Waals surface area contributed by atoms with Crippen LogP contribution in [0.3, 0.4) is 0 Å². The minimum Gasteiger partial charge on any atom is -0.388 e. The van der Waals surface area contributed by atoms with Crippen LogP contribution in [0, 0.1) is 0 Å². The number of nitrogens with one attached hydrogen (secondary N) is 2. The molecule has 1 fully saturated rings. The quantitative estimate of drug-likeness (QED) is 0.515. The zero-order chi connectivity index (χ0) is 17.7. The van der Waals surface area contributed by atoms with Gasteiger partial charge in [0.1, 0.15) is 12.1 Å². The number of benzene rings is 1. The molecule has 8 nitrogen and oxygen atoms in total. The van der Waals surface area contributed by atoms with Crippen LogP contribution in [0.2, 0.25) is 0 Å². The van der Waals surface area contributed by atoms with Crippen molar-refractivity contribution in [3.63, 3.8) is 0 Å². The van der Waals surface area contributed by atoms with Crippen molar-refractivity contribution in [3.8, 4) is 0 Å². The van der Waals surface area contributed by atoms with E-state index in [4.69, 9.17) is 0 Å². The van der Waals surface area contributed by atoms with Crippen LogP contribution in [0.25, 0.3) is 0 Å². The van der Waals surface area contributed by atoms with Crippen molar-refractivity contribution in [1.29, 1.82) is 0 Å². The fourth-order valence-electron chi connectivity index (χ4n) is 2.56. The fraction of sp³-hybridized carbons (Fsp3) is 0.438. The Kier molecular flexibility index (Phi) is 5.88. The average Bonchev–Trinajstić information content (AvgIpc) is 2.87. The summed E-state index contributed by atoms with van der Waals surface area (Å²) < 4.78 is 0. The van der Waals surface area contributed by atoms with Crippen LogP contribution in [0.4, 0.5) is 0 Å². The summed E-state index contributed by atoms with van der Waals surface area (Å²) in [6.45, 7) is 1.05. The lowest BCUT2D eigenvalue weighted by atomic mass is 10.1. The van der Waals surface area contributed by atoms with Crippen LogP contribution in [0.1, 0.15) is 12.5 Å². The first-order valence-electron chi connectivity index (χ1n) is 7.62. The lowest BCUT2D eigenvalue weighted by Gasteiger charge is -2.25. The zero-order valence-electron chi connectivity index (χ0n) is 13.3. The Bertz CT molecular complexity index is 607. The molecule has 2 rings (SSSR count). The standard InChI is InChI=1S/C16H21N3O5/c1-10(20)17-8-13(22)19-9-12(21)15(23)14(19)16(24)18-7-11-5-3-2-4-6-11/h2-6,12,14-15,21,23H,7-9H2,1H3,(H,17,20)(H,18,24)/t12-,14-,15-/m0/s1. The lowest BCUT2D eigenvalue weighted by molar-refractivity contribution is -0.140. The van der Waals surface area contributed by atoms with Gasteiger partial charge in [0.15, 0.2) is 0 Å². The Morgan fingerprint density at radius 1 is 1.17 bits per heavy atom. The summed E-state index contributed by atoms with van der Waals surface area (Å²) in [6, 6.07) is 7.99. The molecule has 0 aliphatic carbocycles. The van der Waals surface area contributed by atoms with Crippen LogP contribution < -0.4 is 10.6 Å². The Hall–Kier alpha value is -2.45. The smallest absolute Gasteiger partial charge is 0.245 e. The highest BCUT2D eigenvalue weighted by Crippen LogP contribution is 2.19. The van der Waals surface area contributed by atoms with Crippen molar-refractivity contribution in [2.45, 2.75) is 31.7 Å². The molecule has 0 spiro atoms. The summed E-state index contributed by atoms with van der Waals surface area (Å²) in [5.74, 6) is -1.48. The van der Waals surface area contributed by atoms with Gasteiger partial charge in [-0.3, -0.25) is 14.4 Å². The number of aliphatic hydroxyl groups excluding tert-OH is 2. The van der Waals surface area contributed by atoms with Gasteiger partial charge in [-0.15, -0.1) is 0 Å². The topological polar surface area (TPSA) is 119 Å². The van der Waals surface area contributed by atoms with E-state index in [0.717, 1.165) is 10.5 Å². The van der Waals surface area contributed by atoms with Crippen LogP contribution in [0.5, 0.6) is 0 Å². The summed E-state index contributed by atoms with van der Waals surface area (Å²) >= 11 is 0. The molecule has 8 heteroatoms. The molecule has 1 aliphatic rings. The number of carbonyl (C=O) groups excluding carboxylic acids is 3. The minimum absolute atomic E-state index is 0.164. The maximum atomic E-state index is 12.4. The molecule has 1 saturated heterocycles. The maximum Gasteiger partial charge on any atom is 0.245 e. The SMILES string of the molecule is CC(=O)NCC(=O)N1C[C@H](O)[C@H](O)[C@H]1C(=O)NCc1ccccc1. The molecule has 130 valence electrons. The van der Waals surface area contributed by atoms with Gasteiger partial charge >= 0.3 is 0 Å². The molecule has 0 saturated carbocycles. The monoisotopic (exact) mass is 335 g/mol. The van der Waals surface area contributed by atoms with Gasteiger partial charge in [0.05, 0.1) is 19.2 Å². The van der Waals surface area contributed by atoms with E-state index in [9.17, 15) is 24.6 Å². The third kappa shape index (κ3) is 4.30. The molecule has 1 aromatic carbocycles. The van der Waals surface area contributed by atoms with Gasteiger partial charge in [0.25, 0.3) is 0 Å². The van der Waals surface area contributed by atoms with Gasteiger partial charge < -0.3 is 25.7 Å². The van der Waals surface area contributed by atoms with E-state index in [-0.39, 0.29) is 25.5 Å². The second kappa shape index (κ2) is 7.89. The van der Waals surface area contributed by atoms with E-state index in [1.807, 2.05) is 30.3 Å². The molecular formula is C16H21N3O5. The van der Waals surface area contributed by atoms with Gasteiger partial charge in [-0.1, -0.05) is 30.3 Å². The number of hydrogen-bond donors (Lipinski definition) is 4. The summed E-state index contributed by atoms with van der Waals surface area (Å²) in [7, 11) is 0. The summed E-state index contributed by atoms with van der Waals surface area (Å²) in [4.78, 5) is 36.5. The van der Waals surface area contributed by atoms with E-state index in [1.165, 1.54) is 6.92 Å². The number of aliphatic hydroxyl groups is 2. The van der Waals surface area contributed by atoms with Gasteiger partial charge in [-0.2, -0.15) is 0 Å². The molecule has 4 N–H and O–H groups in total. The number of likely N-dealkylation sites (tertiary alicyclic amines) is 1. The zero-order valence-corrected chi connectivity index (χ0v) is 13.3. The van der Waals surface area contributed by atoms with E-state index in [0.29, 0.717) is 0 Å². The van der Waals surface area contributed by atoms with Crippen molar-refractivity contribution < 1.29 is 24.6 Å². The first kappa shape index (κ1) is 17.9. The Morgan fingerprint density at radius 3 is 2.46 bits per heavy atom. The van der Waals surface area contributed by atoms with Crippen LogP contribution in [-0.2, 0) is 20.9 Å². The predicted molar refractivity (Wildman–Crippen MR) is 84.5 cm³/mol. The maximum absolute atomic E-state index is 12.4. The second-order valence-corrected chi connectivity index (χ2v) is 5.66. The molecule has 0 bridgehead atoms. The van der Waals surface area contributed by atoms with Gasteiger partial charge in [-0.05, 0) is 5.56 Å². The number of β-amino-alcohol motifs (C(OH)–C–C–N with tert-alkyl or cyclic N) is 1. The molecule has 1 aliphatic heterocycles. The lowest BCUT2D eigenvalue weighted by Crippen LogP contribution is -2.52. The van der Waals surface area contributed by atoms with E-state index < -0.39 is 30.1 Å². The van der Waals surface area contributed by atoms with Gasteiger partial charge in [0.2, 0.25) is 17.7 Å². The fourth-order valence-corrected chi connectivity index (χ4v) is 2.56. The van der Waals surface area contributed by atoms with Gasteiger partial charge in [-0.25, -0.2) is 0 Å². The van der Waals surface area contributed by atoms with E-state index >= 15 is 0 Å². The summed E-state index contributed by atoms with van der Waals surface area (Å²) in [5.41, 5.74) is 0.870. The summed E-state index contributed by atoms with van der Waals surface area (Å²) in [6.07, 6.45) is -2.58. The Morgan fingerprint density at radius 2 is 1.83 bits per heavy atom. The molecule has 0 aromatic heterocycles. The Labute approximate surface area is 139 Å². The van der Waals surface area contributed by atoms with Crippen LogP contribution in [-0.4, -0.2) is 64.2 Å². The summed E-state index contributed by atoms with van der Waals surface area (Å²) in [5, 5.41) is 24.8. The van der Waals surface area contributed by atoms with Crippen molar-refractivity contribution in [3.05, 3.63) is 35.9 Å². The van der Waals surface area contributed by atoms with Crippen molar-refractivity contribution in [2.75, 3.05) is 13.1 Å². The van der Waals surface area contributed by atoms with Crippen molar-refractivity contribution >= 4 is 17.7 Å². The minimum atomic E-state index is -1.37. The predicted octanol–water partition coefficient (Wildman–Crippen LogP) is -1.63. The largest absolute Gasteiger partial charge is 0.388 e. The number of carbonyl (C=O) groups is 3. The third-order valence-corrected chi connectivity index (χ3v) is 3.82. The van der Waals surface area contributed by atoms with E-state index in [1.54, 1.807) is 0 Å². The van der Waals surface area contributed by atoms with Crippen LogP contribution >= 0.6 is 0 Å². The highest BCUT2D eigenvalue weighted by molar-refractivity contribution is 5.91. The Balaban J connectivity index is 2.01. The average molecular weight is 335 g/mol. The number of nitrogens with zero attached hydrogens (tertiary/aromatic N) is 1. The number of amides is 3. The first-order chi connectivity index (χ1) is 11.4. The van der Waals surface area contributed by atoms with Crippen molar-refractivity contribution in [1.82, 2.24) is 15.5 Å². The normalized spacial score (nSPS) is 23.0. The highest BCUT2D eigenvalue weighted by atomic mass is 16.3. The number of hydrogen-bond acceptors (Lipinski definition) is 5. The molecule has 0 unspecified atom stereocenters. The third-order valence-electron chi connectivity index (χ3n) is 3.82.